The molecule has 0 aromatic heterocycles. The normalized spacial score (nSPS) is 16.1. The van der Waals surface area contributed by atoms with E-state index in [1.165, 1.54) is 5.56 Å². The van der Waals surface area contributed by atoms with Gasteiger partial charge < -0.3 is 15.0 Å². The van der Waals surface area contributed by atoms with Crippen molar-refractivity contribution in [3.8, 4) is 5.75 Å². The molecule has 0 saturated carbocycles. The molecule has 1 aliphatic heterocycles. The van der Waals surface area contributed by atoms with E-state index in [-0.39, 0.29) is 23.3 Å². The van der Waals surface area contributed by atoms with Gasteiger partial charge in [-0.1, -0.05) is 51.1 Å². The summed E-state index contributed by atoms with van der Waals surface area (Å²) in [6.45, 7) is 9.50. The van der Waals surface area contributed by atoms with Crippen LogP contribution < -0.4 is 10.1 Å². The van der Waals surface area contributed by atoms with Crippen molar-refractivity contribution in [1.82, 2.24) is 10.2 Å². The summed E-state index contributed by atoms with van der Waals surface area (Å²) in [5, 5.41) is 3.08. The second-order valence-corrected chi connectivity index (χ2v) is 8.98. The number of carbonyl (C=O) groups excluding carboxylic acids is 2. The van der Waals surface area contributed by atoms with Crippen LogP contribution in [0.5, 0.6) is 5.75 Å². The fourth-order valence-electron chi connectivity index (χ4n) is 3.65. The van der Waals surface area contributed by atoms with Crippen LogP contribution in [-0.2, 0) is 10.2 Å². The summed E-state index contributed by atoms with van der Waals surface area (Å²) in [7, 11) is 0. The highest BCUT2D eigenvalue weighted by Gasteiger charge is 2.28. The average molecular weight is 409 g/mol. The number of ether oxygens (including phenoxy) is 1. The van der Waals surface area contributed by atoms with Crippen molar-refractivity contribution < 1.29 is 14.3 Å². The maximum atomic E-state index is 12.8. The summed E-state index contributed by atoms with van der Waals surface area (Å²) in [6.07, 6.45) is 0.947. The van der Waals surface area contributed by atoms with Gasteiger partial charge in [-0.05, 0) is 55.0 Å². The van der Waals surface area contributed by atoms with Gasteiger partial charge in [0.15, 0.2) is 6.10 Å². The van der Waals surface area contributed by atoms with Gasteiger partial charge in [-0.3, -0.25) is 9.59 Å². The fraction of sp³-hybridized carbons (Fsp3) is 0.440. The van der Waals surface area contributed by atoms with Gasteiger partial charge in [-0.25, -0.2) is 0 Å². The number of hydrogen-bond acceptors (Lipinski definition) is 3. The minimum Gasteiger partial charge on any atom is -0.481 e. The molecule has 1 atom stereocenters. The molecule has 1 saturated heterocycles. The zero-order valence-electron chi connectivity index (χ0n) is 18.4. The van der Waals surface area contributed by atoms with Crippen molar-refractivity contribution in [2.24, 2.45) is 0 Å². The van der Waals surface area contributed by atoms with Gasteiger partial charge >= 0.3 is 0 Å². The average Bonchev–Trinajstić information content (AvgIpc) is 2.74. The molecule has 0 unspecified atom stereocenters. The third-order valence-electron chi connectivity index (χ3n) is 5.54. The fourth-order valence-corrected chi connectivity index (χ4v) is 3.65. The minimum atomic E-state index is -0.546. The Morgan fingerprint density at radius 3 is 2.33 bits per heavy atom. The Bertz CT molecular complexity index is 865. The Morgan fingerprint density at radius 2 is 1.70 bits per heavy atom. The highest BCUT2D eigenvalue weighted by molar-refractivity contribution is 5.94. The van der Waals surface area contributed by atoms with E-state index in [4.69, 9.17) is 4.74 Å². The molecule has 2 amide bonds. The van der Waals surface area contributed by atoms with Gasteiger partial charge in [-0.2, -0.15) is 0 Å². The summed E-state index contributed by atoms with van der Waals surface area (Å²) in [4.78, 5) is 27.0. The first kappa shape index (κ1) is 21.9. The number of hydrogen-bond donors (Lipinski definition) is 1. The van der Waals surface area contributed by atoms with Crippen LogP contribution in [0, 0.1) is 0 Å². The van der Waals surface area contributed by atoms with Crippen molar-refractivity contribution in [1.29, 1.82) is 0 Å². The van der Waals surface area contributed by atoms with Crippen molar-refractivity contribution in [2.45, 2.75) is 58.1 Å². The molecule has 1 fully saturated rings. The van der Waals surface area contributed by atoms with Gasteiger partial charge in [0.1, 0.15) is 5.75 Å². The lowest BCUT2D eigenvalue weighted by molar-refractivity contribution is -0.139. The predicted octanol–water partition coefficient (Wildman–Crippen LogP) is 4.17. The maximum Gasteiger partial charge on any atom is 0.263 e. The molecule has 0 spiro atoms. The number of carbonyl (C=O) groups is 2. The number of piperidine rings is 1. The maximum absolute atomic E-state index is 12.8. The first-order valence-corrected chi connectivity index (χ1v) is 10.7. The SMILES string of the molecule is C[C@@H](Oc1cccc(C(C)(C)C)c1)C(=O)N1CCC(NC(=O)c2ccccc2)CC1. The molecule has 1 aliphatic rings. The van der Waals surface area contributed by atoms with Crippen molar-refractivity contribution >= 4 is 11.8 Å². The van der Waals surface area contributed by atoms with E-state index in [1.807, 2.05) is 53.4 Å². The first-order valence-electron chi connectivity index (χ1n) is 10.7. The lowest BCUT2D eigenvalue weighted by atomic mass is 9.87. The molecule has 0 aliphatic carbocycles. The molecule has 5 nitrogen and oxygen atoms in total. The number of likely N-dealkylation sites (tertiary alicyclic amines) is 1. The molecular formula is C25H32N2O3. The van der Waals surface area contributed by atoms with Crippen molar-refractivity contribution in [3.05, 3.63) is 65.7 Å². The summed E-state index contributed by atoms with van der Waals surface area (Å²) in [5.74, 6) is 0.646. The standard InChI is InChI=1S/C25H32N2O3/c1-18(30-22-12-8-11-20(17-22)25(2,3)4)24(29)27-15-13-21(14-16-27)26-23(28)19-9-6-5-7-10-19/h5-12,17-18,21H,13-16H2,1-4H3,(H,26,28)/t18-/m1/s1. The highest BCUT2D eigenvalue weighted by Crippen LogP contribution is 2.26. The van der Waals surface area contributed by atoms with Crippen LogP contribution >= 0.6 is 0 Å². The number of nitrogens with one attached hydrogen (secondary N) is 1. The Morgan fingerprint density at radius 1 is 1.03 bits per heavy atom. The quantitative estimate of drug-likeness (QED) is 0.808. The molecule has 0 bridgehead atoms. The van der Waals surface area contributed by atoms with Crippen LogP contribution in [0.2, 0.25) is 0 Å². The van der Waals surface area contributed by atoms with Gasteiger partial charge in [0.2, 0.25) is 0 Å². The van der Waals surface area contributed by atoms with Gasteiger partial charge in [0, 0.05) is 24.7 Å². The lowest BCUT2D eigenvalue weighted by Gasteiger charge is -2.34. The summed E-state index contributed by atoms with van der Waals surface area (Å²) in [5.41, 5.74) is 1.86. The Labute approximate surface area is 179 Å². The zero-order chi connectivity index (χ0) is 21.7. The van der Waals surface area contributed by atoms with Gasteiger partial charge in [0.25, 0.3) is 11.8 Å². The number of amides is 2. The van der Waals surface area contributed by atoms with E-state index in [0.717, 1.165) is 12.8 Å². The molecule has 3 rings (SSSR count). The summed E-state index contributed by atoms with van der Waals surface area (Å²) < 4.78 is 5.95. The van der Waals surface area contributed by atoms with E-state index >= 15 is 0 Å². The molecule has 5 heteroatoms. The molecule has 1 N–H and O–H groups in total. The van der Waals surface area contributed by atoms with Crippen LogP contribution in [0.4, 0.5) is 0 Å². The van der Waals surface area contributed by atoms with E-state index in [2.05, 4.69) is 32.2 Å². The summed E-state index contributed by atoms with van der Waals surface area (Å²) in [6, 6.07) is 17.2. The molecule has 2 aromatic carbocycles. The molecule has 30 heavy (non-hydrogen) atoms. The summed E-state index contributed by atoms with van der Waals surface area (Å²) >= 11 is 0. The van der Waals surface area contributed by atoms with Crippen LogP contribution in [0.25, 0.3) is 0 Å². The minimum absolute atomic E-state index is 0.0102. The topological polar surface area (TPSA) is 58.6 Å². The van der Waals surface area contributed by atoms with Crippen LogP contribution in [-0.4, -0.2) is 41.9 Å². The zero-order valence-corrected chi connectivity index (χ0v) is 18.4. The molecule has 1 heterocycles. The number of nitrogens with zero attached hydrogens (tertiary/aromatic N) is 1. The Balaban J connectivity index is 1.50. The Kier molecular flexibility index (Phi) is 6.80. The van der Waals surface area contributed by atoms with Gasteiger partial charge in [0.05, 0.1) is 0 Å². The van der Waals surface area contributed by atoms with E-state index < -0.39 is 6.10 Å². The smallest absolute Gasteiger partial charge is 0.263 e. The second-order valence-electron chi connectivity index (χ2n) is 8.98. The van der Waals surface area contributed by atoms with Crippen LogP contribution in [0.15, 0.2) is 54.6 Å². The first-order chi connectivity index (χ1) is 14.2. The molecular weight excluding hydrogens is 376 g/mol. The van der Waals surface area contributed by atoms with E-state index in [1.54, 1.807) is 6.92 Å². The predicted molar refractivity (Wildman–Crippen MR) is 119 cm³/mol. The molecule has 0 radical (unpaired) electrons. The number of rotatable bonds is 5. The van der Waals surface area contributed by atoms with Crippen LogP contribution in [0.1, 0.15) is 56.5 Å². The van der Waals surface area contributed by atoms with Crippen LogP contribution in [0.3, 0.4) is 0 Å². The molecule has 160 valence electrons. The van der Waals surface area contributed by atoms with E-state index in [9.17, 15) is 9.59 Å². The number of benzene rings is 2. The van der Waals surface area contributed by atoms with Gasteiger partial charge in [-0.15, -0.1) is 0 Å². The lowest BCUT2D eigenvalue weighted by Crippen LogP contribution is -2.49. The highest BCUT2D eigenvalue weighted by atomic mass is 16.5. The van der Waals surface area contributed by atoms with Crippen molar-refractivity contribution in [3.63, 3.8) is 0 Å². The second kappa shape index (κ2) is 9.33. The van der Waals surface area contributed by atoms with Crippen molar-refractivity contribution in [2.75, 3.05) is 13.1 Å². The largest absolute Gasteiger partial charge is 0.481 e. The third kappa shape index (κ3) is 5.62. The Hall–Kier alpha value is -2.82. The third-order valence-corrected chi connectivity index (χ3v) is 5.54. The monoisotopic (exact) mass is 408 g/mol. The molecule has 2 aromatic rings. The van der Waals surface area contributed by atoms with E-state index in [0.29, 0.717) is 24.4 Å².